The Balaban J connectivity index is 2.28. The highest BCUT2D eigenvalue weighted by Gasteiger charge is 2.23. The number of hydrogen-bond donors (Lipinski definition) is 1. The molecule has 2 rings (SSSR count). The van der Waals surface area contributed by atoms with Crippen LogP contribution in [-0.4, -0.2) is 37.1 Å². The van der Waals surface area contributed by atoms with Gasteiger partial charge in [-0.05, 0) is 26.0 Å². The predicted octanol–water partition coefficient (Wildman–Crippen LogP) is 2.19. The largest absolute Gasteiger partial charge is 0.479 e. The third-order valence-electron chi connectivity index (χ3n) is 3.24. The summed E-state index contributed by atoms with van der Waals surface area (Å²) in [4.78, 5) is 22.4. The first kappa shape index (κ1) is 15.8. The maximum Gasteiger partial charge on any atom is 0.242 e. The van der Waals surface area contributed by atoms with Gasteiger partial charge in [0, 0.05) is 14.1 Å². The topological polar surface area (TPSA) is 80.5 Å². The van der Waals surface area contributed by atoms with Gasteiger partial charge in [-0.3, -0.25) is 4.79 Å². The highest BCUT2D eigenvalue weighted by atomic mass is 16.5. The van der Waals surface area contributed by atoms with Gasteiger partial charge in [-0.25, -0.2) is 4.98 Å². The highest BCUT2D eigenvalue weighted by Crippen LogP contribution is 2.31. The first-order chi connectivity index (χ1) is 10.4. The second kappa shape index (κ2) is 6.46. The van der Waals surface area contributed by atoms with Crippen LogP contribution in [0.3, 0.4) is 0 Å². The summed E-state index contributed by atoms with van der Waals surface area (Å²) in [6.07, 6.45) is 1.39. The zero-order valence-corrected chi connectivity index (χ0v) is 13.4. The van der Waals surface area contributed by atoms with Crippen LogP contribution in [0, 0.1) is 6.92 Å². The maximum atomic E-state index is 12.5. The fraction of sp³-hybridized carbons (Fsp3) is 0.400. The average Bonchev–Trinajstić information content (AvgIpc) is 2.92. The molecule has 2 aromatic heterocycles. The van der Waals surface area contributed by atoms with Gasteiger partial charge < -0.3 is 19.4 Å². The Morgan fingerprint density at radius 3 is 2.64 bits per heavy atom. The number of furan rings is 1. The molecule has 1 N–H and O–H groups in total. The quantitative estimate of drug-likeness (QED) is 0.912. The van der Waals surface area contributed by atoms with Crippen LogP contribution in [0.4, 0.5) is 11.5 Å². The van der Waals surface area contributed by atoms with Gasteiger partial charge in [-0.1, -0.05) is 0 Å². The average molecular weight is 304 g/mol. The highest BCUT2D eigenvalue weighted by molar-refractivity contribution is 5.98. The van der Waals surface area contributed by atoms with Crippen LogP contribution < -0.4 is 15.0 Å². The van der Waals surface area contributed by atoms with Gasteiger partial charge in [0.15, 0.2) is 5.82 Å². The molecule has 0 spiro atoms. The van der Waals surface area contributed by atoms with E-state index in [0.29, 0.717) is 23.1 Å². The van der Waals surface area contributed by atoms with Crippen molar-refractivity contribution in [2.45, 2.75) is 19.8 Å². The number of nitrogens with zero attached hydrogens (tertiary/aromatic N) is 3. The van der Waals surface area contributed by atoms with Crippen molar-refractivity contribution < 1.29 is 13.9 Å². The van der Waals surface area contributed by atoms with Crippen molar-refractivity contribution in [1.29, 1.82) is 0 Å². The van der Waals surface area contributed by atoms with Crippen LogP contribution in [0.15, 0.2) is 22.9 Å². The van der Waals surface area contributed by atoms with Crippen LogP contribution in [0.1, 0.15) is 24.4 Å². The van der Waals surface area contributed by atoms with E-state index < -0.39 is 5.92 Å². The number of nitrogens with one attached hydrogen (secondary N) is 1. The third kappa shape index (κ3) is 3.19. The van der Waals surface area contributed by atoms with E-state index in [2.05, 4.69) is 15.3 Å². The normalized spacial score (nSPS) is 11.9. The summed E-state index contributed by atoms with van der Waals surface area (Å²) < 4.78 is 10.7. The zero-order chi connectivity index (χ0) is 16.3. The van der Waals surface area contributed by atoms with Gasteiger partial charge in [-0.15, -0.1) is 0 Å². The standard InChI is InChI=1S/C15H20N4O3/c1-9-6-7-11(22-9)10(2)14(20)18-12-13(19(3)4)16-8-17-15(12)21-5/h6-8,10H,1-5H3,(H,18,20)/t10-/m0/s1. The molecule has 0 aliphatic heterocycles. The minimum atomic E-state index is -0.436. The number of methoxy groups -OCH3 is 1. The molecule has 0 aliphatic carbocycles. The van der Waals surface area contributed by atoms with Gasteiger partial charge in [0.25, 0.3) is 0 Å². The van der Waals surface area contributed by atoms with Gasteiger partial charge >= 0.3 is 0 Å². The number of hydrogen-bond acceptors (Lipinski definition) is 6. The lowest BCUT2D eigenvalue weighted by atomic mass is 10.1. The first-order valence-corrected chi connectivity index (χ1v) is 6.87. The van der Waals surface area contributed by atoms with Crippen molar-refractivity contribution in [3.8, 4) is 5.88 Å². The Morgan fingerprint density at radius 2 is 2.09 bits per heavy atom. The summed E-state index contributed by atoms with van der Waals surface area (Å²) in [5.41, 5.74) is 0.440. The number of aromatic nitrogens is 2. The first-order valence-electron chi connectivity index (χ1n) is 6.87. The molecule has 2 aromatic rings. The van der Waals surface area contributed by atoms with E-state index in [0.717, 1.165) is 5.76 Å². The number of carbonyl (C=O) groups excluding carboxylic acids is 1. The summed E-state index contributed by atoms with van der Waals surface area (Å²) in [5, 5.41) is 2.83. The third-order valence-corrected chi connectivity index (χ3v) is 3.24. The number of rotatable bonds is 5. The molecule has 1 atom stereocenters. The van der Waals surface area contributed by atoms with Crippen molar-refractivity contribution >= 4 is 17.4 Å². The molecule has 0 unspecified atom stereocenters. The lowest BCUT2D eigenvalue weighted by Gasteiger charge is -2.19. The minimum absolute atomic E-state index is 0.217. The van der Waals surface area contributed by atoms with Crippen molar-refractivity contribution in [3.63, 3.8) is 0 Å². The van der Waals surface area contributed by atoms with Crippen LogP contribution in [0.2, 0.25) is 0 Å². The van der Waals surface area contributed by atoms with E-state index in [1.807, 2.05) is 27.1 Å². The second-order valence-electron chi connectivity index (χ2n) is 5.14. The maximum absolute atomic E-state index is 12.5. The Morgan fingerprint density at radius 1 is 1.36 bits per heavy atom. The number of carbonyl (C=O) groups is 1. The molecule has 0 radical (unpaired) electrons. The Hall–Kier alpha value is -2.57. The number of amides is 1. The van der Waals surface area contributed by atoms with Gasteiger partial charge in [-0.2, -0.15) is 4.98 Å². The molecule has 1 amide bonds. The molecule has 7 nitrogen and oxygen atoms in total. The molecule has 0 aliphatic rings. The van der Waals surface area contributed by atoms with Crippen molar-refractivity contribution in [3.05, 3.63) is 30.0 Å². The van der Waals surface area contributed by atoms with Gasteiger partial charge in [0.2, 0.25) is 11.8 Å². The Labute approximate surface area is 129 Å². The molecule has 0 fully saturated rings. The summed E-state index contributed by atoms with van der Waals surface area (Å²) in [5.74, 6) is 1.61. The zero-order valence-electron chi connectivity index (χ0n) is 13.4. The van der Waals surface area contributed by atoms with E-state index in [9.17, 15) is 4.79 Å². The summed E-state index contributed by atoms with van der Waals surface area (Å²) in [6, 6.07) is 3.63. The molecule has 0 saturated carbocycles. The molecular weight excluding hydrogens is 284 g/mol. The minimum Gasteiger partial charge on any atom is -0.479 e. The Kier molecular flexibility index (Phi) is 4.65. The molecule has 118 valence electrons. The predicted molar refractivity (Wildman–Crippen MR) is 83.4 cm³/mol. The van der Waals surface area contributed by atoms with Crippen molar-refractivity contribution in [2.75, 3.05) is 31.4 Å². The monoisotopic (exact) mass is 304 g/mol. The van der Waals surface area contributed by atoms with Crippen LogP contribution in [-0.2, 0) is 4.79 Å². The van der Waals surface area contributed by atoms with E-state index in [1.165, 1.54) is 13.4 Å². The Bertz CT molecular complexity index is 667. The summed E-state index contributed by atoms with van der Waals surface area (Å²) in [7, 11) is 5.16. The lowest BCUT2D eigenvalue weighted by molar-refractivity contribution is -0.117. The van der Waals surface area contributed by atoms with Crippen LogP contribution in [0.25, 0.3) is 0 Å². The fourth-order valence-electron chi connectivity index (χ4n) is 2.01. The SMILES string of the molecule is COc1ncnc(N(C)C)c1NC(=O)[C@@H](C)c1ccc(C)o1. The molecule has 22 heavy (non-hydrogen) atoms. The van der Waals surface area contributed by atoms with E-state index in [4.69, 9.17) is 9.15 Å². The van der Waals surface area contributed by atoms with E-state index in [-0.39, 0.29) is 5.91 Å². The van der Waals surface area contributed by atoms with Gasteiger partial charge in [0.1, 0.15) is 23.5 Å². The molecule has 0 aromatic carbocycles. The number of anilines is 2. The molecule has 7 heteroatoms. The molecule has 2 heterocycles. The fourth-order valence-corrected chi connectivity index (χ4v) is 2.01. The van der Waals surface area contributed by atoms with Crippen LogP contribution >= 0.6 is 0 Å². The molecule has 0 bridgehead atoms. The van der Waals surface area contributed by atoms with Gasteiger partial charge in [0.05, 0.1) is 13.0 Å². The number of ether oxygens (including phenoxy) is 1. The van der Waals surface area contributed by atoms with Crippen LogP contribution in [0.5, 0.6) is 5.88 Å². The number of aryl methyl sites for hydroxylation is 1. The van der Waals surface area contributed by atoms with E-state index in [1.54, 1.807) is 17.9 Å². The second-order valence-corrected chi connectivity index (χ2v) is 5.14. The smallest absolute Gasteiger partial charge is 0.242 e. The van der Waals surface area contributed by atoms with Crippen molar-refractivity contribution in [2.24, 2.45) is 0 Å². The summed E-state index contributed by atoms with van der Waals surface area (Å²) >= 11 is 0. The molecular formula is C15H20N4O3. The van der Waals surface area contributed by atoms with E-state index >= 15 is 0 Å². The molecule has 0 saturated heterocycles. The lowest BCUT2D eigenvalue weighted by Crippen LogP contribution is -2.22. The van der Waals surface area contributed by atoms with Crippen molar-refractivity contribution in [1.82, 2.24) is 9.97 Å². The summed E-state index contributed by atoms with van der Waals surface area (Å²) in [6.45, 7) is 3.62.